The molecule has 3 heterocycles. The van der Waals surface area contributed by atoms with Gasteiger partial charge in [-0.1, -0.05) is 35.3 Å². The highest BCUT2D eigenvalue weighted by molar-refractivity contribution is 6.46. The van der Waals surface area contributed by atoms with Gasteiger partial charge in [0, 0.05) is 12.7 Å². The van der Waals surface area contributed by atoms with Crippen molar-refractivity contribution in [1.82, 2.24) is 19.2 Å². The second-order valence-electron chi connectivity index (χ2n) is 8.30. The predicted octanol–water partition coefficient (Wildman–Crippen LogP) is 4.32. The number of benzene rings is 1. The number of imidazole rings is 1. The van der Waals surface area contributed by atoms with Crippen LogP contribution in [-0.4, -0.2) is 63.2 Å². The minimum atomic E-state index is -0.796. The molecular weight excluding hydrogens is 463 g/mol. The van der Waals surface area contributed by atoms with E-state index in [1.165, 1.54) is 4.90 Å². The molecule has 1 N–H and O–H groups in total. The van der Waals surface area contributed by atoms with E-state index in [4.69, 9.17) is 23.2 Å². The number of hydrogen-bond donors (Lipinski definition) is 1. The Labute approximate surface area is 201 Å². The van der Waals surface area contributed by atoms with Gasteiger partial charge in [-0.05, 0) is 63.8 Å². The zero-order valence-electron chi connectivity index (χ0n) is 18.5. The standard InChI is InChI=1S/C24H24Cl2N4O3/c1-14-20(29-11-5-4-7-18(29)27-14)22(31)19-21(15-8-9-16(25)17(26)13-15)30(24(33)23(19)32)12-6-10-28(2)3/h4-5,7-9,11,13,21,31H,6,10,12H2,1-3H3/b22-19-. The van der Waals surface area contributed by atoms with Gasteiger partial charge in [0.2, 0.25) is 0 Å². The van der Waals surface area contributed by atoms with Crippen LogP contribution in [0.2, 0.25) is 10.0 Å². The Kier molecular flexibility index (Phi) is 6.47. The van der Waals surface area contributed by atoms with Gasteiger partial charge in [0.25, 0.3) is 11.7 Å². The van der Waals surface area contributed by atoms with Crippen LogP contribution in [0.5, 0.6) is 0 Å². The number of fused-ring (bicyclic) bond motifs is 1. The van der Waals surface area contributed by atoms with Crippen molar-refractivity contribution >= 4 is 46.3 Å². The molecule has 1 atom stereocenters. The van der Waals surface area contributed by atoms with Crippen LogP contribution in [0.25, 0.3) is 11.4 Å². The third-order valence-corrected chi connectivity index (χ3v) is 6.47. The third-order valence-electron chi connectivity index (χ3n) is 5.73. The van der Waals surface area contributed by atoms with Crippen LogP contribution in [0, 0.1) is 6.92 Å². The van der Waals surface area contributed by atoms with Crippen LogP contribution in [0.4, 0.5) is 0 Å². The van der Waals surface area contributed by atoms with Gasteiger partial charge in [-0.2, -0.15) is 0 Å². The molecule has 3 aromatic rings. The van der Waals surface area contributed by atoms with Crippen LogP contribution >= 0.6 is 23.2 Å². The molecule has 172 valence electrons. The van der Waals surface area contributed by atoms with Gasteiger partial charge in [0.1, 0.15) is 11.3 Å². The van der Waals surface area contributed by atoms with Gasteiger partial charge in [-0.15, -0.1) is 0 Å². The first kappa shape index (κ1) is 23.3. The summed E-state index contributed by atoms with van der Waals surface area (Å²) in [4.78, 5) is 34.3. The van der Waals surface area contributed by atoms with Gasteiger partial charge in [0.05, 0.1) is 27.4 Å². The number of ketones is 1. The Morgan fingerprint density at radius 2 is 1.91 bits per heavy atom. The molecule has 1 aliphatic rings. The van der Waals surface area contributed by atoms with Crippen LogP contribution in [0.3, 0.4) is 0 Å². The maximum atomic E-state index is 13.2. The van der Waals surface area contributed by atoms with Crippen LogP contribution in [0.15, 0.2) is 48.2 Å². The summed E-state index contributed by atoms with van der Waals surface area (Å²) < 4.78 is 1.70. The average molecular weight is 487 g/mol. The number of aliphatic hydroxyl groups excluding tert-OH is 1. The molecular formula is C24H24Cl2N4O3. The Morgan fingerprint density at radius 1 is 1.15 bits per heavy atom. The van der Waals surface area contributed by atoms with Crippen molar-refractivity contribution in [1.29, 1.82) is 0 Å². The number of aryl methyl sites for hydroxylation is 1. The molecule has 4 rings (SSSR count). The van der Waals surface area contributed by atoms with E-state index >= 15 is 0 Å². The van der Waals surface area contributed by atoms with E-state index in [2.05, 4.69) is 4.98 Å². The number of aliphatic hydroxyl groups is 1. The quantitative estimate of drug-likeness (QED) is 0.318. The number of aromatic nitrogens is 2. The second-order valence-corrected chi connectivity index (χ2v) is 9.11. The lowest BCUT2D eigenvalue weighted by Crippen LogP contribution is -2.32. The monoisotopic (exact) mass is 486 g/mol. The summed E-state index contributed by atoms with van der Waals surface area (Å²) in [7, 11) is 3.89. The largest absolute Gasteiger partial charge is 0.505 e. The minimum absolute atomic E-state index is 0.0111. The number of Topliss-reactive ketones (excluding diaryl/α,β-unsaturated/α-hetero) is 1. The molecule has 7 nitrogen and oxygen atoms in total. The molecule has 2 aromatic heterocycles. The topological polar surface area (TPSA) is 78.1 Å². The van der Waals surface area contributed by atoms with E-state index in [1.54, 1.807) is 47.9 Å². The van der Waals surface area contributed by atoms with Crippen molar-refractivity contribution in [3.8, 4) is 0 Å². The SMILES string of the molecule is Cc1nc2ccccn2c1/C(O)=C1/C(=O)C(=O)N(CCCN(C)C)C1c1ccc(Cl)c(Cl)c1. The van der Waals surface area contributed by atoms with Crippen LogP contribution < -0.4 is 0 Å². The Bertz CT molecular complexity index is 1280. The maximum Gasteiger partial charge on any atom is 0.295 e. The van der Waals surface area contributed by atoms with E-state index in [-0.39, 0.29) is 11.3 Å². The molecule has 1 aromatic carbocycles. The Hall–Kier alpha value is -2.87. The van der Waals surface area contributed by atoms with Gasteiger partial charge < -0.3 is 14.9 Å². The number of carbonyl (C=O) groups is 2. The minimum Gasteiger partial charge on any atom is -0.505 e. The molecule has 0 bridgehead atoms. The predicted molar refractivity (Wildman–Crippen MR) is 129 cm³/mol. The number of hydrogen-bond acceptors (Lipinski definition) is 5. The molecule has 0 radical (unpaired) electrons. The van der Waals surface area contributed by atoms with E-state index in [9.17, 15) is 14.7 Å². The maximum absolute atomic E-state index is 13.2. The van der Waals surface area contributed by atoms with Crippen molar-refractivity contribution in [2.75, 3.05) is 27.2 Å². The van der Waals surface area contributed by atoms with Crippen molar-refractivity contribution in [3.63, 3.8) is 0 Å². The normalized spacial score (nSPS) is 18.1. The summed E-state index contributed by atoms with van der Waals surface area (Å²) in [5, 5.41) is 12.1. The molecule has 1 fully saturated rings. The third kappa shape index (κ3) is 4.24. The first-order valence-corrected chi connectivity index (χ1v) is 11.3. The Balaban J connectivity index is 1.90. The summed E-state index contributed by atoms with van der Waals surface area (Å²) in [5.41, 5.74) is 2.16. The van der Waals surface area contributed by atoms with E-state index in [0.29, 0.717) is 45.6 Å². The first-order chi connectivity index (χ1) is 15.7. The number of amides is 1. The number of pyridine rings is 1. The number of halogens is 2. The van der Waals surface area contributed by atoms with Crippen molar-refractivity contribution in [2.24, 2.45) is 0 Å². The highest BCUT2D eigenvalue weighted by atomic mass is 35.5. The average Bonchev–Trinajstić information content (AvgIpc) is 3.23. The smallest absolute Gasteiger partial charge is 0.295 e. The molecule has 0 aliphatic carbocycles. The number of likely N-dealkylation sites (tertiary alicyclic amines) is 1. The van der Waals surface area contributed by atoms with Gasteiger partial charge in [0.15, 0.2) is 5.76 Å². The lowest BCUT2D eigenvalue weighted by molar-refractivity contribution is -0.139. The van der Waals surface area contributed by atoms with Crippen LogP contribution in [-0.2, 0) is 9.59 Å². The zero-order valence-corrected chi connectivity index (χ0v) is 20.1. The summed E-state index contributed by atoms with van der Waals surface area (Å²) >= 11 is 12.4. The lowest BCUT2D eigenvalue weighted by atomic mass is 9.96. The number of carbonyl (C=O) groups excluding carboxylic acids is 2. The van der Waals surface area contributed by atoms with Gasteiger partial charge in [-0.3, -0.25) is 14.0 Å². The second kappa shape index (κ2) is 9.17. The molecule has 0 spiro atoms. The van der Waals surface area contributed by atoms with E-state index in [0.717, 1.165) is 6.54 Å². The highest BCUT2D eigenvalue weighted by Crippen LogP contribution is 2.41. The van der Waals surface area contributed by atoms with Crippen molar-refractivity contribution < 1.29 is 14.7 Å². The van der Waals surface area contributed by atoms with E-state index < -0.39 is 17.7 Å². The fourth-order valence-electron chi connectivity index (χ4n) is 4.22. The summed E-state index contributed by atoms with van der Waals surface area (Å²) in [6, 6.07) is 9.63. The summed E-state index contributed by atoms with van der Waals surface area (Å²) in [6.45, 7) is 2.84. The number of nitrogens with zero attached hydrogens (tertiary/aromatic N) is 4. The lowest BCUT2D eigenvalue weighted by Gasteiger charge is -2.26. The molecule has 9 heteroatoms. The molecule has 1 unspecified atom stereocenters. The fraction of sp³-hybridized carbons (Fsp3) is 0.292. The van der Waals surface area contributed by atoms with Gasteiger partial charge in [-0.25, -0.2) is 4.98 Å². The van der Waals surface area contributed by atoms with Gasteiger partial charge >= 0.3 is 0 Å². The van der Waals surface area contributed by atoms with Crippen molar-refractivity contribution in [3.05, 3.63) is 75.2 Å². The van der Waals surface area contributed by atoms with Crippen LogP contribution in [0.1, 0.15) is 29.4 Å². The molecule has 1 saturated heterocycles. The molecule has 1 amide bonds. The zero-order chi connectivity index (χ0) is 23.9. The number of rotatable bonds is 6. The first-order valence-electron chi connectivity index (χ1n) is 10.5. The summed E-state index contributed by atoms with van der Waals surface area (Å²) in [6.07, 6.45) is 2.41. The fourth-order valence-corrected chi connectivity index (χ4v) is 4.53. The molecule has 33 heavy (non-hydrogen) atoms. The molecule has 0 saturated carbocycles. The summed E-state index contributed by atoms with van der Waals surface area (Å²) in [5.74, 6) is -1.66. The Morgan fingerprint density at radius 3 is 2.61 bits per heavy atom. The van der Waals surface area contributed by atoms with Crippen molar-refractivity contribution in [2.45, 2.75) is 19.4 Å². The van der Waals surface area contributed by atoms with E-state index in [1.807, 2.05) is 25.1 Å². The highest BCUT2D eigenvalue weighted by Gasteiger charge is 2.46. The molecule has 1 aliphatic heterocycles.